The van der Waals surface area contributed by atoms with Crippen molar-refractivity contribution in [2.24, 2.45) is 0 Å². The molecule has 0 unspecified atom stereocenters. The van der Waals surface area contributed by atoms with Crippen LogP contribution in [0.5, 0.6) is 5.75 Å². The number of amides is 1. The zero-order valence-electron chi connectivity index (χ0n) is 12.9. The summed E-state index contributed by atoms with van der Waals surface area (Å²) in [7, 11) is 0. The number of hydrogen-bond acceptors (Lipinski definition) is 4. The van der Waals surface area contributed by atoms with Gasteiger partial charge in [-0.15, -0.1) is 0 Å². The first-order valence-electron chi connectivity index (χ1n) is 7.18. The van der Waals surface area contributed by atoms with Crippen molar-refractivity contribution in [1.82, 2.24) is 5.32 Å². The number of halogens is 3. The molecule has 8 heteroatoms. The minimum atomic E-state index is -3.02. The average Bonchev–Trinajstić information content (AvgIpc) is 2.58. The molecule has 0 saturated heterocycles. The number of nitrogens with one attached hydrogen (secondary N) is 1. The predicted octanol–water partition coefficient (Wildman–Crippen LogP) is 2.90. The first kappa shape index (κ1) is 18.3. The Balaban J connectivity index is 1.83. The van der Waals surface area contributed by atoms with E-state index >= 15 is 0 Å². The van der Waals surface area contributed by atoms with Gasteiger partial charge < -0.3 is 14.8 Å². The van der Waals surface area contributed by atoms with E-state index in [1.807, 2.05) is 0 Å². The number of benzene rings is 2. The molecule has 0 fully saturated rings. The molecule has 0 saturated carbocycles. The zero-order chi connectivity index (χ0) is 18.2. The van der Waals surface area contributed by atoms with Gasteiger partial charge in [0.2, 0.25) is 0 Å². The quantitative estimate of drug-likeness (QED) is 0.778. The van der Waals surface area contributed by atoms with Crippen LogP contribution in [0.3, 0.4) is 0 Å². The molecule has 132 valence electrons. The number of carbonyl (C=O) groups is 2. The minimum absolute atomic E-state index is 0.0416. The van der Waals surface area contributed by atoms with Gasteiger partial charge in [0.05, 0.1) is 5.56 Å². The Morgan fingerprint density at radius 3 is 2.56 bits per heavy atom. The third-order valence-corrected chi connectivity index (χ3v) is 3.06. The van der Waals surface area contributed by atoms with Gasteiger partial charge in [0.15, 0.2) is 6.61 Å². The summed E-state index contributed by atoms with van der Waals surface area (Å²) in [5, 5.41) is 2.40. The van der Waals surface area contributed by atoms with Crippen LogP contribution in [0.2, 0.25) is 0 Å². The molecule has 1 N–H and O–H groups in total. The molecular weight excluding hydrogens is 339 g/mol. The number of rotatable bonds is 7. The highest BCUT2D eigenvalue weighted by atomic mass is 19.3. The second-order valence-corrected chi connectivity index (χ2v) is 4.85. The molecule has 0 heterocycles. The smallest absolute Gasteiger partial charge is 0.387 e. The second kappa shape index (κ2) is 8.72. The van der Waals surface area contributed by atoms with Crippen LogP contribution in [0.4, 0.5) is 13.2 Å². The van der Waals surface area contributed by atoms with Gasteiger partial charge >= 0.3 is 12.6 Å². The maximum atomic E-state index is 13.4. The molecule has 5 nitrogen and oxygen atoms in total. The summed E-state index contributed by atoms with van der Waals surface area (Å²) in [5.41, 5.74) is 0.249. The van der Waals surface area contributed by atoms with Crippen LogP contribution < -0.4 is 10.1 Å². The highest BCUT2D eigenvalue weighted by molar-refractivity contribution is 5.91. The SMILES string of the molecule is O=C(COC(=O)c1cccc(OC(F)F)c1)NCc1ccccc1F. The monoisotopic (exact) mass is 353 g/mol. The summed E-state index contributed by atoms with van der Waals surface area (Å²) in [6.07, 6.45) is 0. The Morgan fingerprint density at radius 1 is 1.08 bits per heavy atom. The van der Waals surface area contributed by atoms with Crippen LogP contribution >= 0.6 is 0 Å². The van der Waals surface area contributed by atoms with Gasteiger partial charge in [-0.2, -0.15) is 8.78 Å². The van der Waals surface area contributed by atoms with E-state index in [0.717, 1.165) is 6.07 Å². The Bertz CT molecular complexity index is 752. The van der Waals surface area contributed by atoms with E-state index in [9.17, 15) is 22.8 Å². The Morgan fingerprint density at radius 2 is 1.84 bits per heavy atom. The first-order chi connectivity index (χ1) is 12.0. The molecule has 0 aliphatic carbocycles. The van der Waals surface area contributed by atoms with E-state index < -0.39 is 30.9 Å². The summed E-state index contributed by atoms with van der Waals surface area (Å²) < 4.78 is 46.6. The van der Waals surface area contributed by atoms with Crippen LogP contribution in [-0.2, 0) is 16.1 Å². The molecule has 25 heavy (non-hydrogen) atoms. The zero-order valence-corrected chi connectivity index (χ0v) is 12.9. The van der Waals surface area contributed by atoms with Crippen molar-refractivity contribution >= 4 is 11.9 Å². The lowest BCUT2D eigenvalue weighted by molar-refractivity contribution is -0.124. The van der Waals surface area contributed by atoms with Crippen LogP contribution in [0.1, 0.15) is 15.9 Å². The van der Waals surface area contributed by atoms with Crippen molar-refractivity contribution in [2.45, 2.75) is 13.2 Å². The van der Waals surface area contributed by atoms with Crippen LogP contribution in [-0.4, -0.2) is 25.1 Å². The molecule has 2 aromatic rings. The van der Waals surface area contributed by atoms with Gasteiger partial charge in [0.25, 0.3) is 5.91 Å². The van der Waals surface area contributed by atoms with E-state index in [1.54, 1.807) is 6.07 Å². The standard InChI is InChI=1S/C17H14F3NO4/c18-14-7-2-1-4-12(14)9-21-15(22)10-24-16(23)11-5-3-6-13(8-11)25-17(19)20/h1-8,17H,9-10H2,(H,21,22). The van der Waals surface area contributed by atoms with Crippen molar-refractivity contribution in [1.29, 1.82) is 0 Å². The highest BCUT2D eigenvalue weighted by Gasteiger charge is 2.13. The maximum absolute atomic E-state index is 13.4. The lowest BCUT2D eigenvalue weighted by Gasteiger charge is -2.08. The van der Waals surface area contributed by atoms with Gasteiger partial charge in [-0.3, -0.25) is 4.79 Å². The number of ether oxygens (including phenoxy) is 2. The lowest BCUT2D eigenvalue weighted by Crippen LogP contribution is -2.28. The molecule has 1 amide bonds. The normalized spacial score (nSPS) is 10.4. The third-order valence-electron chi connectivity index (χ3n) is 3.06. The summed E-state index contributed by atoms with van der Waals surface area (Å²) >= 11 is 0. The molecular formula is C17H14F3NO4. The fraction of sp³-hybridized carbons (Fsp3) is 0.176. The Labute approximate surface area is 141 Å². The van der Waals surface area contributed by atoms with E-state index in [4.69, 9.17) is 4.74 Å². The average molecular weight is 353 g/mol. The van der Waals surface area contributed by atoms with Gasteiger partial charge in [-0.1, -0.05) is 24.3 Å². The Kier molecular flexibility index (Phi) is 6.39. The van der Waals surface area contributed by atoms with Gasteiger partial charge in [0, 0.05) is 12.1 Å². The van der Waals surface area contributed by atoms with E-state index in [2.05, 4.69) is 10.1 Å². The number of carbonyl (C=O) groups excluding carboxylic acids is 2. The van der Waals surface area contributed by atoms with E-state index in [-0.39, 0.29) is 17.9 Å². The molecule has 0 radical (unpaired) electrons. The van der Waals surface area contributed by atoms with Gasteiger partial charge in [-0.25, -0.2) is 9.18 Å². The largest absolute Gasteiger partial charge is 0.452 e. The summed E-state index contributed by atoms with van der Waals surface area (Å²) in [5.74, 6) is -2.17. The molecule has 0 bridgehead atoms. The fourth-order valence-corrected chi connectivity index (χ4v) is 1.90. The van der Waals surface area contributed by atoms with Crippen molar-refractivity contribution < 1.29 is 32.2 Å². The number of alkyl halides is 2. The van der Waals surface area contributed by atoms with Crippen molar-refractivity contribution in [3.8, 4) is 5.75 Å². The summed E-state index contributed by atoms with van der Waals surface area (Å²) in [6.45, 7) is -3.66. The van der Waals surface area contributed by atoms with Crippen molar-refractivity contribution in [3.05, 3.63) is 65.5 Å². The molecule has 0 atom stereocenters. The molecule has 0 aliphatic heterocycles. The highest BCUT2D eigenvalue weighted by Crippen LogP contribution is 2.16. The van der Waals surface area contributed by atoms with E-state index in [1.165, 1.54) is 36.4 Å². The fourth-order valence-electron chi connectivity index (χ4n) is 1.90. The molecule has 0 aromatic heterocycles. The van der Waals surface area contributed by atoms with Crippen LogP contribution in [0.25, 0.3) is 0 Å². The van der Waals surface area contributed by atoms with Gasteiger partial charge in [-0.05, 0) is 24.3 Å². The Hall–Kier alpha value is -3.03. The number of hydrogen-bond donors (Lipinski definition) is 1. The van der Waals surface area contributed by atoms with E-state index in [0.29, 0.717) is 5.56 Å². The molecule has 2 rings (SSSR count). The predicted molar refractivity (Wildman–Crippen MR) is 81.6 cm³/mol. The molecule has 0 spiro atoms. The summed E-state index contributed by atoms with van der Waals surface area (Å²) in [4.78, 5) is 23.5. The second-order valence-electron chi connectivity index (χ2n) is 4.85. The van der Waals surface area contributed by atoms with Crippen LogP contribution in [0.15, 0.2) is 48.5 Å². The van der Waals surface area contributed by atoms with Gasteiger partial charge in [0.1, 0.15) is 11.6 Å². The molecule has 2 aromatic carbocycles. The topological polar surface area (TPSA) is 64.6 Å². The number of esters is 1. The third kappa shape index (κ3) is 5.83. The lowest BCUT2D eigenvalue weighted by atomic mass is 10.2. The van der Waals surface area contributed by atoms with Crippen molar-refractivity contribution in [3.63, 3.8) is 0 Å². The first-order valence-corrected chi connectivity index (χ1v) is 7.18. The van der Waals surface area contributed by atoms with Crippen molar-refractivity contribution in [2.75, 3.05) is 6.61 Å². The molecule has 0 aliphatic rings. The maximum Gasteiger partial charge on any atom is 0.387 e. The minimum Gasteiger partial charge on any atom is -0.452 e. The summed E-state index contributed by atoms with van der Waals surface area (Å²) in [6, 6.07) is 10.9. The van der Waals surface area contributed by atoms with Crippen LogP contribution in [0, 0.1) is 5.82 Å².